The third-order valence-corrected chi connectivity index (χ3v) is 5.04. The molecule has 20 heavy (non-hydrogen) atoms. The van der Waals surface area contributed by atoms with E-state index in [0.29, 0.717) is 0 Å². The Kier molecular flexibility index (Phi) is 3.00. The molecule has 2 aliphatic heterocycles. The number of likely N-dealkylation sites (N-methyl/N-ethyl adjacent to an activating group) is 1. The van der Waals surface area contributed by atoms with Crippen LogP contribution in [0, 0.1) is 0 Å². The fraction of sp³-hybridized carbons (Fsp3) is 0.562. The third-order valence-electron chi connectivity index (χ3n) is 5.04. The number of likely N-dealkylation sites (tertiary alicyclic amines) is 1. The van der Waals surface area contributed by atoms with Gasteiger partial charge in [0.2, 0.25) is 0 Å². The maximum Gasteiger partial charge on any atom is 0.121 e. The number of fused-ring (bicyclic) bond motifs is 3. The minimum Gasteiger partial charge on any atom is -0.341 e. The molecule has 0 aliphatic carbocycles. The molecule has 1 aromatic heterocycles. The van der Waals surface area contributed by atoms with Crippen molar-refractivity contribution in [3.63, 3.8) is 0 Å². The van der Waals surface area contributed by atoms with Crippen LogP contribution < -0.4 is 0 Å². The van der Waals surface area contributed by atoms with Crippen molar-refractivity contribution in [1.29, 1.82) is 0 Å². The van der Waals surface area contributed by atoms with E-state index in [2.05, 4.69) is 40.0 Å². The molecule has 1 N–H and O–H groups in total. The molecule has 0 saturated carbocycles. The number of aromatic nitrogens is 2. The lowest BCUT2D eigenvalue weighted by atomic mass is 10.1. The van der Waals surface area contributed by atoms with Crippen molar-refractivity contribution in [1.82, 2.24) is 19.8 Å². The number of rotatable bonds is 2. The summed E-state index contributed by atoms with van der Waals surface area (Å²) in [5, 5.41) is 0. The Morgan fingerprint density at radius 2 is 2.05 bits per heavy atom. The summed E-state index contributed by atoms with van der Waals surface area (Å²) in [5.41, 5.74) is 2.23. The van der Waals surface area contributed by atoms with Gasteiger partial charge in [-0.1, -0.05) is 12.1 Å². The summed E-state index contributed by atoms with van der Waals surface area (Å²) < 4.78 is 0. The van der Waals surface area contributed by atoms with Gasteiger partial charge in [0.25, 0.3) is 0 Å². The number of imidazole rings is 1. The van der Waals surface area contributed by atoms with Crippen LogP contribution in [-0.2, 0) is 6.54 Å². The molecule has 0 amide bonds. The number of aromatic amines is 1. The Hall–Kier alpha value is -1.39. The Bertz CT molecular complexity index is 572. The molecule has 2 fully saturated rings. The first kappa shape index (κ1) is 12.4. The van der Waals surface area contributed by atoms with E-state index in [9.17, 15) is 0 Å². The van der Waals surface area contributed by atoms with Gasteiger partial charge in [-0.2, -0.15) is 0 Å². The number of nitrogens with zero attached hydrogens (tertiary/aromatic N) is 3. The number of para-hydroxylation sites is 2. The highest BCUT2D eigenvalue weighted by molar-refractivity contribution is 5.74. The number of H-pyrrole nitrogens is 1. The Morgan fingerprint density at radius 3 is 2.95 bits per heavy atom. The second kappa shape index (κ2) is 4.86. The van der Waals surface area contributed by atoms with Crippen molar-refractivity contribution < 1.29 is 0 Å². The van der Waals surface area contributed by atoms with Gasteiger partial charge in [0.1, 0.15) is 5.82 Å². The highest BCUT2D eigenvalue weighted by Crippen LogP contribution is 2.28. The smallest absolute Gasteiger partial charge is 0.121 e. The van der Waals surface area contributed by atoms with Crippen LogP contribution >= 0.6 is 0 Å². The second-order valence-corrected chi connectivity index (χ2v) is 6.27. The van der Waals surface area contributed by atoms with Crippen LogP contribution in [-0.4, -0.2) is 52.0 Å². The number of hydrogen-bond acceptors (Lipinski definition) is 3. The van der Waals surface area contributed by atoms with Crippen molar-refractivity contribution in [3.05, 3.63) is 30.1 Å². The van der Waals surface area contributed by atoms with Gasteiger partial charge in [-0.25, -0.2) is 4.98 Å². The summed E-state index contributed by atoms with van der Waals surface area (Å²) in [6.07, 6.45) is 4.05. The average molecular weight is 270 g/mol. The Labute approximate surface area is 119 Å². The second-order valence-electron chi connectivity index (χ2n) is 6.27. The quantitative estimate of drug-likeness (QED) is 0.909. The van der Waals surface area contributed by atoms with Gasteiger partial charge >= 0.3 is 0 Å². The minimum absolute atomic E-state index is 0.742. The van der Waals surface area contributed by atoms with E-state index >= 15 is 0 Å². The van der Waals surface area contributed by atoms with Crippen LogP contribution in [0.25, 0.3) is 11.0 Å². The first-order valence-corrected chi connectivity index (χ1v) is 7.67. The van der Waals surface area contributed by atoms with Crippen LogP contribution in [0.3, 0.4) is 0 Å². The Balaban J connectivity index is 1.51. The van der Waals surface area contributed by atoms with E-state index in [4.69, 9.17) is 4.98 Å². The summed E-state index contributed by atoms with van der Waals surface area (Å²) in [6.45, 7) is 3.33. The van der Waals surface area contributed by atoms with Gasteiger partial charge in [0, 0.05) is 25.2 Å². The zero-order chi connectivity index (χ0) is 13.5. The monoisotopic (exact) mass is 270 g/mol. The molecule has 0 radical (unpaired) electrons. The van der Waals surface area contributed by atoms with Crippen molar-refractivity contribution in [2.24, 2.45) is 0 Å². The maximum atomic E-state index is 4.71. The molecule has 2 saturated heterocycles. The van der Waals surface area contributed by atoms with Crippen LogP contribution in [0.2, 0.25) is 0 Å². The maximum absolute atomic E-state index is 4.71. The summed E-state index contributed by atoms with van der Waals surface area (Å²) >= 11 is 0. The van der Waals surface area contributed by atoms with Gasteiger partial charge in [-0.15, -0.1) is 0 Å². The minimum atomic E-state index is 0.742. The fourth-order valence-corrected chi connectivity index (χ4v) is 3.82. The highest BCUT2D eigenvalue weighted by Gasteiger charge is 2.34. The molecule has 0 unspecified atom stereocenters. The van der Waals surface area contributed by atoms with Crippen molar-refractivity contribution in [2.45, 2.75) is 37.9 Å². The molecule has 4 rings (SSSR count). The number of hydrogen-bond donors (Lipinski definition) is 1. The molecule has 106 valence electrons. The van der Waals surface area contributed by atoms with E-state index in [-0.39, 0.29) is 0 Å². The predicted molar refractivity (Wildman–Crippen MR) is 80.6 cm³/mol. The van der Waals surface area contributed by atoms with Gasteiger partial charge in [0.15, 0.2) is 0 Å². The van der Waals surface area contributed by atoms with Crippen molar-refractivity contribution in [2.75, 3.05) is 20.1 Å². The SMILES string of the molecule is CN1[C@@H]2CC[C@H]1CN(Cc1nc3ccccc3[nH]1)CC2. The average Bonchev–Trinajstić information content (AvgIpc) is 2.94. The molecule has 4 nitrogen and oxygen atoms in total. The summed E-state index contributed by atoms with van der Waals surface area (Å²) in [4.78, 5) is 13.3. The molecule has 1 aromatic carbocycles. The van der Waals surface area contributed by atoms with E-state index in [1.807, 2.05) is 6.07 Å². The lowest BCUT2D eigenvalue weighted by Crippen LogP contribution is -2.36. The normalized spacial score (nSPS) is 28.1. The van der Waals surface area contributed by atoms with E-state index < -0.39 is 0 Å². The van der Waals surface area contributed by atoms with E-state index in [1.165, 1.54) is 32.4 Å². The molecule has 2 aromatic rings. The lowest BCUT2D eigenvalue weighted by Gasteiger charge is -2.24. The van der Waals surface area contributed by atoms with Gasteiger partial charge in [-0.05, 0) is 38.4 Å². The zero-order valence-corrected chi connectivity index (χ0v) is 12.0. The van der Waals surface area contributed by atoms with Crippen LogP contribution in [0.4, 0.5) is 0 Å². The zero-order valence-electron chi connectivity index (χ0n) is 12.0. The van der Waals surface area contributed by atoms with Crippen LogP contribution in [0.5, 0.6) is 0 Å². The lowest BCUT2D eigenvalue weighted by molar-refractivity contribution is 0.212. The number of nitrogens with one attached hydrogen (secondary N) is 1. The predicted octanol–water partition coefficient (Wildman–Crippen LogP) is 2.23. The van der Waals surface area contributed by atoms with E-state index in [1.54, 1.807) is 0 Å². The molecule has 2 atom stereocenters. The van der Waals surface area contributed by atoms with E-state index in [0.717, 1.165) is 35.5 Å². The van der Waals surface area contributed by atoms with Crippen LogP contribution in [0.1, 0.15) is 25.1 Å². The summed E-state index contributed by atoms with van der Waals surface area (Å²) in [7, 11) is 2.30. The molecule has 4 heteroatoms. The largest absolute Gasteiger partial charge is 0.341 e. The van der Waals surface area contributed by atoms with Gasteiger partial charge in [0.05, 0.1) is 17.6 Å². The first-order valence-electron chi connectivity index (χ1n) is 7.67. The van der Waals surface area contributed by atoms with Gasteiger partial charge in [-0.3, -0.25) is 9.80 Å². The summed E-state index contributed by atoms with van der Waals surface area (Å²) in [6, 6.07) is 9.83. The fourth-order valence-electron chi connectivity index (χ4n) is 3.82. The van der Waals surface area contributed by atoms with Crippen molar-refractivity contribution in [3.8, 4) is 0 Å². The Morgan fingerprint density at radius 1 is 1.20 bits per heavy atom. The molecular weight excluding hydrogens is 248 g/mol. The third kappa shape index (κ3) is 2.13. The molecule has 2 bridgehead atoms. The topological polar surface area (TPSA) is 35.2 Å². The molecule has 3 heterocycles. The molecular formula is C16H22N4. The molecule has 0 spiro atoms. The number of benzene rings is 1. The molecule has 2 aliphatic rings. The van der Waals surface area contributed by atoms with Gasteiger partial charge < -0.3 is 4.98 Å². The van der Waals surface area contributed by atoms with Crippen LogP contribution in [0.15, 0.2) is 24.3 Å². The standard InChI is InChI=1S/C16H22N4/c1-19-12-6-7-13(19)10-20(9-8-12)11-16-17-14-4-2-3-5-15(14)18-16/h2-5,12-13H,6-11H2,1H3,(H,17,18)/t12-,13+/m1/s1. The summed E-state index contributed by atoms with van der Waals surface area (Å²) in [5.74, 6) is 1.10. The first-order chi connectivity index (χ1) is 9.79. The highest BCUT2D eigenvalue weighted by atomic mass is 15.3. The van der Waals surface area contributed by atoms with Crippen molar-refractivity contribution >= 4 is 11.0 Å².